The number of nitrogens with one attached hydrogen (secondary N) is 1. The Bertz CT molecular complexity index is 413. The first kappa shape index (κ1) is 13.1. The molecule has 1 atom stereocenters. The molecule has 1 amide bonds. The molecule has 0 bridgehead atoms. The van der Waals surface area contributed by atoms with Crippen molar-refractivity contribution in [3.63, 3.8) is 0 Å². The predicted octanol–water partition coefficient (Wildman–Crippen LogP) is 3.18. The fraction of sp³-hybridized carbons (Fsp3) is 0.533. The van der Waals surface area contributed by atoms with Crippen molar-refractivity contribution in [1.82, 2.24) is 0 Å². The summed E-state index contributed by atoms with van der Waals surface area (Å²) in [6, 6.07) is 8.07. The number of amides is 1. The van der Waals surface area contributed by atoms with Crippen LogP contribution in [0.2, 0.25) is 0 Å². The van der Waals surface area contributed by atoms with Crippen molar-refractivity contribution < 1.29 is 9.53 Å². The maximum Gasteiger partial charge on any atom is 0.224 e. The Morgan fingerprint density at radius 1 is 1.44 bits per heavy atom. The highest BCUT2D eigenvalue weighted by Crippen LogP contribution is 2.27. The van der Waals surface area contributed by atoms with Crippen LogP contribution in [0.15, 0.2) is 24.3 Å². The van der Waals surface area contributed by atoms with E-state index in [2.05, 4.69) is 25.2 Å². The van der Waals surface area contributed by atoms with Gasteiger partial charge >= 0.3 is 0 Å². The molecule has 1 unspecified atom stereocenters. The lowest BCUT2D eigenvalue weighted by molar-refractivity contribution is -0.121. The molecule has 1 aliphatic rings. The molecule has 0 aromatic heterocycles. The van der Waals surface area contributed by atoms with Gasteiger partial charge in [0.25, 0.3) is 0 Å². The molecule has 18 heavy (non-hydrogen) atoms. The number of rotatable bonds is 5. The molecule has 0 radical (unpaired) electrons. The molecule has 98 valence electrons. The molecule has 1 aromatic carbocycles. The van der Waals surface area contributed by atoms with Gasteiger partial charge in [-0.3, -0.25) is 4.79 Å². The average Bonchev–Trinajstić information content (AvgIpc) is 2.34. The summed E-state index contributed by atoms with van der Waals surface area (Å²) in [4.78, 5) is 11.9. The van der Waals surface area contributed by atoms with E-state index in [0.29, 0.717) is 18.3 Å². The molecule has 0 saturated carbocycles. The normalized spacial score (nSPS) is 17.0. The quantitative estimate of drug-likeness (QED) is 0.868. The van der Waals surface area contributed by atoms with Crippen molar-refractivity contribution >= 4 is 11.6 Å². The van der Waals surface area contributed by atoms with Gasteiger partial charge in [-0.05, 0) is 24.0 Å². The third-order valence-electron chi connectivity index (χ3n) is 3.56. The van der Waals surface area contributed by atoms with Gasteiger partial charge in [0.2, 0.25) is 5.91 Å². The molecule has 0 aliphatic carbocycles. The number of hydrogen-bond acceptors (Lipinski definition) is 2. The molecule has 0 spiro atoms. The van der Waals surface area contributed by atoms with Gasteiger partial charge in [-0.1, -0.05) is 32.0 Å². The van der Waals surface area contributed by atoms with Crippen LogP contribution < -0.4 is 5.32 Å². The minimum Gasteiger partial charge on any atom is -0.381 e. The second kappa shape index (κ2) is 6.01. The van der Waals surface area contributed by atoms with E-state index in [1.54, 1.807) is 0 Å². The number of carbonyl (C=O) groups excluding carboxylic acids is 1. The summed E-state index contributed by atoms with van der Waals surface area (Å²) >= 11 is 0. The van der Waals surface area contributed by atoms with Gasteiger partial charge in [-0.25, -0.2) is 0 Å². The molecule has 1 aromatic rings. The maximum absolute atomic E-state index is 11.9. The zero-order valence-electron chi connectivity index (χ0n) is 11.1. The van der Waals surface area contributed by atoms with Crippen LogP contribution in [0.25, 0.3) is 0 Å². The Morgan fingerprint density at radius 2 is 2.17 bits per heavy atom. The van der Waals surface area contributed by atoms with Gasteiger partial charge in [-0.15, -0.1) is 0 Å². The van der Waals surface area contributed by atoms with Crippen molar-refractivity contribution in [2.75, 3.05) is 18.5 Å². The number of hydrogen-bond donors (Lipinski definition) is 1. The van der Waals surface area contributed by atoms with Crippen LogP contribution in [0.1, 0.15) is 38.2 Å². The van der Waals surface area contributed by atoms with Crippen molar-refractivity contribution in [2.24, 2.45) is 5.92 Å². The van der Waals surface area contributed by atoms with Gasteiger partial charge in [-0.2, -0.15) is 0 Å². The van der Waals surface area contributed by atoms with Crippen LogP contribution in [-0.2, 0) is 9.53 Å². The van der Waals surface area contributed by atoms with E-state index in [4.69, 9.17) is 4.74 Å². The molecule has 1 saturated heterocycles. The molecule has 3 nitrogen and oxygen atoms in total. The molecule has 1 aliphatic heterocycles. The van der Waals surface area contributed by atoms with E-state index < -0.39 is 0 Å². The summed E-state index contributed by atoms with van der Waals surface area (Å²) in [5, 5.41) is 3.03. The molecule has 1 heterocycles. The summed E-state index contributed by atoms with van der Waals surface area (Å²) < 4.78 is 5.09. The number of ether oxygens (including phenoxy) is 1. The summed E-state index contributed by atoms with van der Waals surface area (Å²) in [7, 11) is 0. The maximum atomic E-state index is 11.9. The molecular formula is C15H21NO2. The Kier molecular flexibility index (Phi) is 4.37. The first-order chi connectivity index (χ1) is 8.70. The van der Waals surface area contributed by atoms with Crippen molar-refractivity contribution in [3.05, 3.63) is 29.8 Å². The van der Waals surface area contributed by atoms with Gasteiger partial charge in [0.05, 0.1) is 13.2 Å². The Hall–Kier alpha value is -1.35. The van der Waals surface area contributed by atoms with E-state index in [9.17, 15) is 4.79 Å². The minimum absolute atomic E-state index is 0.0963. The van der Waals surface area contributed by atoms with E-state index in [0.717, 1.165) is 25.3 Å². The SMILES string of the molecule is CCC(C)c1ccccc1NC(=O)CC1COC1. The van der Waals surface area contributed by atoms with E-state index in [1.807, 2.05) is 18.2 Å². The molecule has 1 fully saturated rings. The molecular weight excluding hydrogens is 226 g/mol. The van der Waals surface area contributed by atoms with Crippen LogP contribution in [-0.4, -0.2) is 19.1 Å². The minimum atomic E-state index is 0.0963. The third-order valence-corrected chi connectivity index (χ3v) is 3.56. The first-order valence-corrected chi connectivity index (χ1v) is 6.67. The second-order valence-electron chi connectivity index (χ2n) is 5.05. The summed E-state index contributed by atoms with van der Waals surface area (Å²) in [5.74, 6) is 0.966. The standard InChI is InChI=1S/C15H21NO2/c1-3-11(2)13-6-4-5-7-14(13)16-15(17)8-12-9-18-10-12/h4-7,11-12H,3,8-10H2,1-2H3,(H,16,17). The second-order valence-corrected chi connectivity index (χ2v) is 5.05. The monoisotopic (exact) mass is 247 g/mol. The highest BCUT2D eigenvalue weighted by molar-refractivity contribution is 5.91. The van der Waals surface area contributed by atoms with Crippen molar-refractivity contribution in [3.8, 4) is 0 Å². The first-order valence-electron chi connectivity index (χ1n) is 6.67. The van der Waals surface area contributed by atoms with Crippen LogP contribution in [0.3, 0.4) is 0 Å². The lowest BCUT2D eigenvalue weighted by Gasteiger charge is -2.25. The fourth-order valence-electron chi connectivity index (χ4n) is 2.13. The third kappa shape index (κ3) is 3.10. The predicted molar refractivity (Wildman–Crippen MR) is 72.7 cm³/mol. The zero-order valence-corrected chi connectivity index (χ0v) is 11.1. The van der Waals surface area contributed by atoms with Crippen LogP contribution >= 0.6 is 0 Å². The fourth-order valence-corrected chi connectivity index (χ4v) is 2.13. The zero-order chi connectivity index (χ0) is 13.0. The van der Waals surface area contributed by atoms with E-state index in [-0.39, 0.29) is 5.91 Å². The van der Waals surface area contributed by atoms with Gasteiger partial charge in [0.1, 0.15) is 0 Å². The van der Waals surface area contributed by atoms with Crippen LogP contribution in [0.5, 0.6) is 0 Å². The van der Waals surface area contributed by atoms with Gasteiger partial charge < -0.3 is 10.1 Å². The highest BCUT2D eigenvalue weighted by atomic mass is 16.5. The number of anilines is 1. The van der Waals surface area contributed by atoms with Crippen molar-refractivity contribution in [2.45, 2.75) is 32.6 Å². The number of carbonyl (C=O) groups is 1. The Labute approximate surface area is 109 Å². The van der Waals surface area contributed by atoms with E-state index >= 15 is 0 Å². The van der Waals surface area contributed by atoms with Crippen LogP contribution in [0.4, 0.5) is 5.69 Å². The summed E-state index contributed by atoms with van der Waals surface area (Å²) in [5.41, 5.74) is 2.18. The average molecular weight is 247 g/mol. The van der Waals surface area contributed by atoms with Gasteiger partial charge in [0, 0.05) is 18.0 Å². The molecule has 1 N–H and O–H groups in total. The summed E-state index contributed by atoms with van der Waals surface area (Å²) in [6.07, 6.45) is 1.64. The van der Waals surface area contributed by atoms with Gasteiger partial charge in [0.15, 0.2) is 0 Å². The lowest BCUT2D eigenvalue weighted by atomic mass is 9.96. The molecule has 3 heteroatoms. The topological polar surface area (TPSA) is 38.3 Å². The van der Waals surface area contributed by atoms with E-state index in [1.165, 1.54) is 5.56 Å². The Morgan fingerprint density at radius 3 is 2.78 bits per heavy atom. The number of para-hydroxylation sites is 1. The molecule has 2 rings (SSSR count). The Balaban J connectivity index is 2.01. The van der Waals surface area contributed by atoms with Crippen molar-refractivity contribution in [1.29, 1.82) is 0 Å². The largest absolute Gasteiger partial charge is 0.381 e. The number of benzene rings is 1. The lowest BCUT2D eigenvalue weighted by Crippen LogP contribution is -2.31. The smallest absolute Gasteiger partial charge is 0.224 e. The van der Waals surface area contributed by atoms with Crippen LogP contribution in [0, 0.1) is 5.92 Å². The highest BCUT2D eigenvalue weighted by Gasteiger charge is 2.22. The summed E-state index contributed by atoms with van der Waals surface area (Å²) in [6.45, 7) is 5.79.